The molecular formula is C15H16N2O. The van der Waals surface area contributed by atoms with E-state index in [4.69, 9.17) is 5.26 Å². The fourth-order valence-corrected chi connectivity index (χ4v) is 3.54. The lowest BCUT2D eigenvalue weighted by molar-refractivity contribution is -0.123. The maximum absolute atomic E-state index is 12.3. The van der Waals surface area contributed by atoms with Crippen molar-refractivity contribution in [2.45, 2.75) is 31.2 Å². The van der Waals surface area contributed by atoms with E-state index in [0.29, 0.717) is 18.6 Å². The molecular weight excluding hydrogens is 224 g/mol. The number of anilines is 1. The lowest BCUT2D eigenvalue weighted by Crippen LogP contribution is -2.42. The van der Waals surface area contributed by atoms with E-state index in [-0.39, 0.29) is 17.9 Å². The van der Waals surface area contributed by atoms with E-state index in [2.05, 4.69) is 23.1 Å². The number of nitriles is 1. The molecule has 92 valence electrons. The first-order chi connectivity index (χ1) is 8.72. The third kappa shape index (κ3) is 1.53. The largest absolute Gasteiger partial charge is 0.364 e. The van der Waals surface area contributed by atoms with Crippen LogP contribution < -0.4 is 4.90 Å². The Hall–Kier alpha value is -1.82. The number of nitrogens with zero attached hydrogens (tertiary/aromatic N) is 2. The van der Waals surface area contributed by atoms with E-state index >= 15 is 0 Å². The molecule has 1 aromatic rings. The van der Waals surface area contributed by atoms with Gasteiger partial charge in [0.15, 0.2) is 5.78 Å². The van der Waals surface area contributed by atoms with Gasteiger partial charge < -0.3 is 4.90 Å². The predicted molar refractivity (Wildman–Crippen MR) is 69.3 cm³/mol. The van der Waals surface area contributed by atoms with Crippen LogP contribution in [0.5, 0.6) is 0 Å². The van der Waals surface area contributed by atoms with Crippen LogP contribution in [0.4, 0.5) is 5.69 Å². The number of carbonyl (C=O) groups excluding carboxylic acids is 1. The van der Waals surface area contributed by atoms with Crippen molar-refractivity contribution in [1.29, 1.82) is 5.26 Å². The van der Waals surface area contributed by atoms with Gasteiger partial charge in [-0.05, 0) is 24.0 Å². The lowest BCUT2D eigenvalue weighted by Gasteiger charge is -2.33. The number of benzene rings is 1. The van der Waals surface area contributed by atoms with Crippen molar-refractivity contribution in [2.24, 2.45) is 5.92 Å². The summed E-state index contributed by atoms with van der Waals surface area (Å²) in [6.45, 7) is 0. The first-order valence-electron chi connectivity index (χ1n) is 6.43. The molecule has 3 atom stereocenters. The van der Waals surface area contributed by atoms with E-state index in [1.807, 2.05) is 19.2 Å². The topological polar surface area (TPSA) is 44.1 Å². The molecule has 1 aliphatic carbocycles. The lowest BCUT2D eigenvalue weighted by atomic mass is 9.75. The highest BCUT2D eigenvalue weighted by atomic mass is 16.1. The summed E-state index contributed by atoms with van der Waals surface area (Å²) in [6, 6.07) is 10.5. The maximum atomic E-state index is 12.3. The predicted octanol–water partition coefficient (Wildman–Crippen LogP) is 2.48. The average molecular weight is 240 g/mol. The molecule has 0 radical (unpaired) electrons. The molecule has 0 spiro atoms. The van der Waals surface area contributed by atoms with Gasteiger partial charge in [0.05, 0.1) is 12.1 Å². The third-order valence-corrected chi connectivity index (χ3v) is 4.30. The molecule has 3 rings (SSSR count). The summed E-state index contributed by atoms with van der Waals surface area (Å²) >= 11 is 0. The Kier molecular flexibility index (Phi) is 2.59. The smallest absolute Gasteiger partial charge is 0.156 e. The van der Waals surface area contributed by atoms with Gasteiger partial charge in [0.1, 0.15) is 0 Å². The van der Waals surface area contributed by atoms with Crippen LogP contribution in [-0.2, 0) is 4.79 Å². The summed E-state index contributed by atoms with van der Waals surface area (Å²) in [7, 11) is 2.01. The van der Waals surface area contributed by atoms with Gasteiger partial charge in [-0.25, -0.2) is 0 Å². The van der Waals surface area contributed by atoms with Crippen molar-refractivity contribution in [1.82, 2.24) is 0 Å². The quantitative estimate of drug-likeness (QED) is 0.757. The van der Waals surface area contributed by atoms with E-state index < -0.39 is 0 Å². The Balaban J connectivity index is 1.98. The summed E-state index contributed by atoms with van der Waals surface area (Å²) in [6.07, 6.45) is 2.03. The van der Waals surface area contributed by atoms with E-state index in [1.54, 1.807) is 0 Å². The number of Topliss-reactive ketones (excluding diaryl/α,β-unsaturated/α-hetero) is 1. The summed E-state index contributed by atoms with van der Waals surface area (Å²) < 4.78 is 0. The van der Waals surface area contributed by atoms with E-state index in [9.17, 15) is 4.79 Å². The van der Waals surface area contributed by atoms with Crippen LogP contribution in [0, 0.1) is 17.2 Å². The van der Waals surface area contributed by atoms with Crippen molar-refractivity contribution >= 4 is 11.5 Å². The van der Waals surface area contributed by atoms with Crippen LogP contribution in [0.25, 0.3) is 0 Å². The van der Waals surface area contributed by atoms with Crippen molar-refractivity contribution in [3.05, 3.63) is 29.8 Å². The second kappa shape index (κ2) is 4.13. The monoisotopic (exact) mass is 240 g/mol. The highest BCUT2D eigenvalue weighted by molar-refractivity contribution is 5.92. The molecule has 0 saturated heterocycles. The zero-order valence-corrected chi connectivity index (χ0v) is 10.5. The van der Waals surface area contributed by atoms with Gasteiger partial charge in [-0.3, -0.25) is 4.79 Å². The summed E-state index contributed by atoms with van der Waals surface area (Å²) in [4.78, 5) is 14.4. The maximum Gasteiger partial charge on any atom is 0.156 e. The third-order valence-electron chi connectivity index (χ3n) is 4.30. The number of ketones is 1. The standard InChI is InChI=1S/C15H16N2O/c1-17-13-5-3-2-4-11(13)12-8-10(6-7-16)9-14(18)15(12)17/h2-5,10,12,15H,6,8-9H2,1H3/t10-,12+,15-/m1/s1. The number of para-hydroxylation sites is 1. The van der Waals surface area contributed by atoms with Gasteiger partial charge in [0.25, 0.3) is 0 Å². The summed E-state index contributed by atoms with van der Waals surface area (Å²) in [5, 5.41) is 8.82. The van der Waals surface area contributed by atoms with Gasteiger partial charge in [0.2, 0.25) is 0 Å². The molecule has 1 heterocycles. The number of hydrogen-bond donors (Lipinski definition) is 0. The molecule has 18 heavy (non-hydrogen) atoms. The molecule has 1 aliphatic heterocycles. The number of carbonyl (C=O) groups is 1. The minimum atomic E-state index is -0.00246. The Morgan fingerprint density at radius 2 is 2.22 bits per heavy atom. The van der Waals surface area contributed by atoms with Crippen LogP contribution in [0.3, 0.4) is 0 Å². The molecule has 0 unspecified atom stereocenters. The van der Waals surface area contributed by atoms with Gasteiger partial charge in [-0.15, -0.1) is 0 Å². The second-order valence-corrected chi connectivity index (χ2v) is 5.36. The van der Waals surface area contributed by atoms with Crippen LogP contribution in [0.1, 0.15) is 30.7 Å². The fraction of sp³-hybridized carbons (Fsp3) is 0.467. The molecule has 0 aromatic heterocycles. The van der Waals surface area contributed by atoms with Crippen LogP contribution in [0.15, 0.2) is 24.3 Å². The molecule has 3 heteroatoms. The zero-order valence-electron chi connectivity index (χ0n) is 10.5. The minimum absolute atomic E-state index is 0.00246. The number of fused-ring (bicyclic) bond motifs is 3. The van der Waals surface area contributed by atoms with Crippen molar-refractivity contribution in [3.63, 3.8) is 0 Å². The molecule has 0 bridgehead atoms. The van der Waals surface area contributed by atoms with Gasteiger partial charge in [0, 0.05) is 31.5 Å². The summed E-state index contributed by atoms with van der Waals surface area (Å²) in [5.74, 6) is 0.819. The second-order valence-electron chi connectivity index (χ2n) is 5.36. The highest BCUT2D eigenvalue weighted by Gasteiger charge is 2.45. The Bertz CT molecular complexity index is 532. The van der Waals surface area contributed by atoms with Crippen molar-refractivity contribution in [2.75, 3.05) is 11.9 Å². The molecule has 3 nitrogen and oxygen atoms in total. The SMILES string of the molecule is CN1c2ccccc2[C@@H]2C[C@@H](CC#N)CC(=O)[C@@H]21. The van der Waals surface area contributed by atoms with Crippen molar-refractivity contribution < 1.29 is 4.79 Å². The normalized spacial score (nSPS) is 29.7. The van der Waals surface area contributed by atoms with Crippen molar-refractivity contribution in [3.8, 4) is 6.07 Å². The van der Waals surface area contributed by atoms with E-state index in [1.165, 1.54) is 11.3 Å². The molecule has 1 saturated carbocycles. The zero-order chi connectivity index (χ0) is 12.7. The summed E-state index contributed by atoms with van der Waals surface area (Å²) in [5.41, 5.74) is 2.46. The number of likely N-dealkylation sites (N-methyl/N-ethyl adjacent to an activating group) is 1. The Morgan fingerprint density at radius 3 is 3.00 bits per heavy atom. The van der Waals surface area contributed by atoms with Crippen LogP contribution in [0.2, 0.25) is 0 Å². The first-order valence-corrected chi connectivity index (χ1v) is 6.43. The van der Waals surface area contributed by atoms with E-state index in [0.717, 1.165) is 6.42 Å². The van der Waals surface area contributed by atoms with Gasteiger partial charge in [-0.1, -0.05) is 18.2 Å². The first kappa shape index (κ1) is 11.3. The number of hydrogen-bond acceptors (Lipinski definition) is 3. The average Bonchev–Trinajstić information content (AvgIpc) is 2.65. The molecule has 1 fully saturated rings. The Labute approximate surface area is 107 Å². The molecule has 1 aromatic carbocycles. The van der Waals surface area contributed by atoms with Crippen LogP contribution in [-0.4, -0.2) is 18.9 Å². The number of rotatable bonds is 1. The molecule has 2 aliphatic rings. The fourth-order valence-electron chi connectivity index (χ4n) is 3.54. The minimum Gasteiger partial charge on any atom is -0.364 e. The highest BCUT2D eigenvalue weighted by Crippen LogP contribution is 2.47. The van der Waals surface area contributed by atoms with Crippen LogP contribution >= 0.6 is 0 Å². The Morgan fingerprint density at radius 1 is 1.44 bits per heavy atom. The molecule has 0 amide bonds. The molecule has 0 N–H and O–H groups in total. The van der Waals surface area contributed by atoms with Gasteiger partial charge >= 0.3 is 0 Å². The van der Waals surface area contributed by atoms with Gasteiger partial charge in [-0.2, -0.15) is 5.26 Å².